The first-order valence-electron chi connectivity index (χ1n) is 7.96. The Morgan fingerprint density at radius 3 is 2.10 bits per heavy atom. The molecule has 5 heteroatoms. The molecule has 0 aliphatic carbocycles. The van der Waals surface area contributed by atoms with Gasteiger partial charge in [-0.2, -0.15) is 0 Å². The summed E-state index contributed by atoms with van der Waals surface area (Å²) < 4.78 is 22.7. The quantitative estimate of drug-likeness (QED) is 0.863. The molecule has 2 atom stereocenters. The van der Waals surface area contributed by atoms with Crippen molar-refractivity contribution in [3.05, 3.63) is 0 Å². The van der Waals surface area contributed by atoms with Crippen molar-refractivity contribution in [2.75, 3.05) is 31.6 Å². The van der Waals surface area contributed by atoms with Gasteiger partial charge in [-0.1, -0.05) is 41.5 Å². The summed E-state index contributed by atoms with van der Waals surface area (Å²) in [4.78, 5) is 2.50. The van der Waals surface area contributed by atoms with Crippen LogP contribution in [0, 0.1) is 10.8 Å². The molecule has 1 aliphatic heterocycles. The SMILES string of the molecule is CC(C)(C)C1CN(CCCS(C)(=O)=O)C(C(C)(C)C)CN1. The van der Waals surface area contributed by atoms with Crippen LogP contribution in [0.25, 0.3) is 0 Å². The molecule has 1 heterocycles. The summed E-state index contributed by atoms with van der Waals surface area (Å²) in [6, 6.07) is 0.907. The smallest absolute Gasteiger partial charge is 0.147 e. The third-order valence-electron chi connectivity index (χ3n) is 4.42. The fraction of sp³-hybridized carbons (Fsp3) is 1.00. The van der Waals surface area contributed by atoms with Crippen LogP contribution in [0.3, 0.4) is 0 Å². The van der Waals surface area contributed by atoms with E-state index in [2.05, 4.69) is 51.8 Å². The van der Waals surface area contributed by atoms with Crippen molar-refractivity contribution >= 4 is 9.84 Å². The van der Waals surface area contributed by atoms with E-state index in [0.717, 1.165) is 26.1 Å². The van der Waals surface area contributed by atoms with E-state index in [1.807, 2.05) is 0 Å². The molecular weight excluding hydrogens is 284 g/mol. The zero-order valence-electron chi connectivity index (χ0n) is 14.9. The molecule has 0 bridgehead atoms. The van der Waals surface area contributed by atoms with Crippen LogP contribution in [-0.4, -0.2) is 57.0 Å². The van der Waals surface area contributed by atoms with Crippen molar-refractivity contribution < 1.29 is 8.42 Å². The largest absolute Gasteiger partial charge is 0.311 e. The Bertz CT molecular complexity index is 432. The zero-order chi connectivity index (χ0) is 16.5. The monoisotopic (exact) mass is 318 g/mol. The molecule has 0 aromatic rings. The second-order valence-electron chi connectivity index (χ2n) is 8.69. The number of nitrogens with zero attached hydrogens (tertiary/aromatic N) is 1. The van der Waals surface area contributed by atoms with Gasteiger partial charge in [0.15, 0.2) is 0 Å². The average molecular weight is 319 g/mol. The fourth-order valence-corrected chi connectivity index (χ4v) is 3.67. The molecule has 21 heavy (non-hydrogen) atoms. The molecular formula is C16H34N2O2S. The minimum Gasteiger partial charge on any atom is -0.311 e. The van der Waals surface area contributed by atoms with Gasteiger partial charge in [0, 0.05) is 31.4 Å². The van der Waals surface area contributed by atoms with Crippen LogP contribution in [0.1, 0.15) is 48.0 Å². The summed E-state index contributed by atoms with van der Waals surface area (Å²) in [5.74, 6) is 0.286. The van der Waals surface area contributed by atoms with Crippen LogP contribution in [0.5, 0.6) is 0 Å². The lowest BCUT2D eigenvalue weighted by atomic mass is 9.79. The van der Waals surface area contributed by atoms with Gasteiger partial charge in [0.05, 0.1) is 5.75 Å². The molecule has 0 saturated carbocycles. The molecule has 0 spiro atoms. The Morgan fingerprint density at radius 1 is 1.10 bits per heavy atom. The number of nitrogens with one attached hydrogen (secondary N) is 1. The van der Waals surface area contributed by atoms with Gasteiger partial charge in [-0.15, -0.1) is 0 Å². The average Bonchev–Trinajstić information content (AvgIpc) is 2.24. The van der Waals surface area contributed by atoms with Gasteiger partial charge in [0.25, 0.3) is 0 Å². The van der Waals surface area contributed by atoms with Crippen LogP contribution < -0.4 is 5.32 Å². The fourth-order valence-electron chi connectivity index (χ4n) is 3.02. The standard InChI is InChI=1S/C16H34N2O2S/c1-15(2,3)13-12-18(9-8-10-21(7,19)20)14(11-17-13)16(4,5)6/h13-14,17H,8-12H2,1-7H3. The Balaban J connectivity index is 2.74. The number of rotatable bonds is 4. The van der Waals surface area contributed by atoms with E-state index in [4.69, 9.17) is 0 Å². The molecule has 0 amide bonds. The third kappa shape index (κ3) is 6.25. The second-order valence-corrected chi connectivity index (χ2v) is 10.9. The molecule has 0 aromatic carbocycles. The topological polar surface area (TPSA) is 49.4 Å². The van der Waals surface area contributed by atoms with E-state index in [9.17, 15) is 8.42 Å². The van der Waals surface area contributed by atoms with Gasteiger partial charge in [0.2, 0.25) is 0 Å². The summed E-state index contributed by atoms with van der Waals surface area (Å²) in [6.45, 7) is 16.4. The highest BCUT2D eigenvalue weighted by molar-refractivity contribution is 7.90. The summed E-state index contributed by atoms with van der Waals surface area (Å²) in [6.07, 6.45) is 2.05. The maximum Gasteiger partial charge on any atom is 0.147 e. The lowest BCUT2D eigenvalue weighted by molar-refractivity contribution is 0.0308. The summed E-state index contributed by atoms with van der Waals surface area (Å²) >= 11 is 0. The first-order chi connectivity index (χ1) is 9.31. The highest BCUT2D eigenvalue weighted by atomic mass is 32.2. The number of sulfone groups is 1. The minimum absolute atomic E-state index is 0.195. The van der Waals surface area contributed by atoms with E-state index in [-0.39, 0.29) is 16.6 Å². The molecule has 0 aromatic heterocycles. The molecule has 0 radical (unpaired) electrons. The van der Waals surface area contributed by atoms with Crippen LogP contribution >= 0.6 is 0 Å². The number of hydrogen-bond donors (Lipinski definition) is 1. The number of hydrogen-bond acceptors (Lipinski definition) is 4. The highest BCUT2D eigenvalue weighted by Gasteiger charge is 2.38. The third-order valence-corrected chi connectivity index (χ3v) is 5.45. The van der Waals surface area contributed by atoms with Gasteiger partial charge >= 0.3 is 0 Å². The van der Waals surface area contributed by atoms with Crippen LogP contribution in [0.4, 0.5) is 0 Å². The summed E-state index contributed by atoms with van der Waals surface area (Å²) in [7, 11) is -2.86. The first-order valence-corrected chi connectivity index (χ1v) is 10.0. The first kappa shape index (κ1) is 18.9. The molecule has 4 nitrogen and oxygen atoms in total. The van der Waals surface area contributed by atoms with Gasteiger partial charge in [0.1, 0.15) is 9.84 Å². The van der Waals surface area contributed by atoms with E-state index in [0.29, 0.717) is 12.1 Å². The lowest BCUT2D eigenvalue weighted by Crippen LogP contribution is -2.63. The van der Waals surface area contributed by atoms with Gasteiger partial charge in [-0.3, -0.25) is 4.90 Å². The molecule has 126 valence electrons. The molecule has 1 saturated heterocycles. The summed E-state index contributed by atoms with van der Waals surface area (Å²) in [5.41, 5.74) is 0.416. The van der Waals surface area contributed by atoms with E-state index >= 15 is 0 Å². The summed E-state index contributed by atoms with van der Waals surface area (Å²) in [5, 5.41) is 3.69. The predicted octanol–water partition coefficient (Wildman–Crippen LogP) is 2.16. The van der Waals surface area contributed by atoms with Crippen LogP contribution in [-0.2, 0) is 9.84 Å². The zero-order valence-corrected chi connectivity index (χ0v) is 15.7. The van der Waals surface area contributed by atoms with Crippen LogP contribution in [0.15, 0.2) is 0 Å². The second kappa shape index (κ2) is 6.55. The predicted molar refractivity (Wildman–Crippen MR) is 90.4 cm³/mol. The van der Waals surface area contributed by atoms with Crippen molar-refractivity contribution in [2.24, 2.45) is 10.8 Å². The molecule has 1 rings (SSSR count). The van der Waals surface area contributed by atoms with Gasteiger partial charge < -0.3 is 5.32 Å². The van der Waals surface area contributed by atoms with Crippen molar-refractivity contribution in [3.8, 4) is 0 Å². The minimum atomic E-state index is -2.86. The Morgan fingerprint density at radius 2 is 1.67 bits per heavy atom. The Kier molecular flexibility index (Phi) is 5.90. The maximum atomic E-state index is 11.3. The van der Waals surface area contributed by atoms with Crippen molar-refractivity contribution in [2.45, 2.75) is 60.0 Å². The van der Waals surface area contributed by atoms with E-state index in [1.54, 1.807) is 0 Å². The van der Waals surface area contributed by atoms with Crippen LogP contribution in [0.2, 0.25) is 0 Å². The highest BCUT2D eigenvalue weighted by Crippen LogP contribution is 2.30. The van der Waals surface area contributed by atoms with E-state index in [1.165, 1.54) is 6.26 Å². The number of piperazine rings is 1. The molecule has 1 N–H and O–H groups in total. The van der Waals surface area contributed by atoms with E-state index < -0.39 is 9.84 Å². The Hall–Kier alpha value is -0.130. The van der Waals surface area contributed by atoms with Gasteiger partial charge in [-0.05, 0) is 23.8 Å². The Labute approximate surface area is 131 Å². The normalized spacial score (nSPS) is 26.0. The molecule has 1 aliphatic rings. The maximum absolute atomic E-state index is 11.3. The van der Waals surface area contributed by atoms with Crippen molar-refractivity contribution in [1.82, 2.24) is 10.2 Å². The van der Waals surface area contributed by atoms with Crippen molar-refractivity contribution in [3.63, 3.8) is 0 Å². The molecule has 1 fully saturated rings. The van der Waals surface area contributed by atoms with Gasteiger partial charge in [-0.25, -0.2) is 8.42 Å². The van der Waals surface area contributed by atoms with Crippen molar-refractivity contribution in [1.29, 1.82) is 0 Å². The lowest BCUT2D eigenvalue weighted by Gasteiger charge is -2.49. The molecule has 2 unspecified atom stereocenters.